The molecule has 17 heavy (non-hydrogen) atoms. The number of nitrogens with zero attached hydrogens (tertiary/aromatic N) is 2. The molecule has 0 unspecified atom stereocenters. The summed E-state index contributed by atoms with van der Waals surface area (Å²) >= 11 is 0. The largest absolute Gasteiger partial charge is 0.478 e. The average Bonchev–Trinajstić information content (AvgIpc) is 2.27. The van der Waals surface area contributed by atoms with Crippen molar-refractivity contribution in [2.24, 2.45) is 0 Å². The van der Waals surface area contributed by atoms with E-state index in [9.17, 15) is 4.79 Å². The minimum atomic E-state index is -0.908. The molecule has 0 amide bonds. The van der Waals surface area contributed by atoms with Gasteiger partial charge in [0.1, 0.15) is 0 Å². The van der Waals surface area contributed by atoms with E-state index in [1.54, 1.807) is 6.08 Å². The van der Waals surface area contributed by atoms with Crippen LogP contribution in [0.25, 0.3) is 0 Å². The summed E-state index contributed by atoms with van der Waals surface area (Å²) in [5.41, 5.74) is 2.01. The number of carboxylic acid groups (broad SMARTS) is 1. The van der Waals surface area contributed by atoms with Crippen LogP contribution in [0, 0.1) is 6.92 Å². The molecular formula is C13H18N2O2. The molecule has 92 valence electrons. The van der Waals surface area contributed by atoms with Crippen LogP contribution in [0.5, 0.6) is 0 Å². The molecule has 0 aliphatic carbocycles. The Labute approximate surface area is 102 Å². The van der Waals surface area contributed by atoms with Crippen LogP contribution in [0.1, 0.15) is 18.3 Å². The highest BCUT2D eigenvalue weighted by molar-refractivity contribution is 5.79. The van der Waals surface area contributed by atoms with Crippen LogP contribution in [0.4, 0.5) is 0 Å². The van der Waals surface area contributed by atoms with E-state index in [4.69, 9.17) is 5.11 Å². The molecule has 0 aliphatic rings. The van der Waals surface area contributed by atoms with Gasteiger partial charge in [0.25, 0.3) is 0 Å². The van der Waals surface area contributed by atoms with Crippen molar-refractivity contribution in [1.29, 1.82) is 0 Å². The van der Waals surface area contributed by atoms with E-state index in [0.717, 1.165) is 24.5 Å². The fraction of sp³-hybridized carbons (Fsp3) is 0.385. The molecule has 0 aromatic carbocycles. The Morgan fingerprint density at radius 2 is 2.29 bits per heavy atom. The molecule has 1 N–H and O–H groups in total. The summed E-state index contributed by atoms with van der Waals surface area (Å²) < 4.78 is 0. The van der Waals surface area contributed by atoms with Crippen molar-refractivity contribution >= 4 is 5.97 Å². The number of hydrogen-bond donors (Lipinski definition) is 1. The molecule has 0 aliphatic heterocycles. The molecular weight excluding hydrogens is 216 g/mol. The normalized spacial score (nSPS) is 11.2. The van der Waals surface area contributed by atoms with Crippen LogP contribution >= 0.6 is 0 Å². The van der Waals surface area contributed by atoms with Crippen molar-refractivity contribution in [3.05, 3.63) is 41.7 Å². The Kier molecular flexibility index (Phi) is 5.36. The van der Waals surface area contributed by atoms with E-state index < -0.39 is 5.97 Å². The maximum absolute atomic E-state index is 10.4. The van der Waals surface area contributed by atoms with E-state index >= 15 is 0 Å². The molecule has 4 nitrogen and oxygen atoms in total. The topological polar surface area (TPSA) is 53.4 Å². The van der Waals surface area contributed by atoms with Gasteiger partial charge in [-0.15, -0.1) is 0 Å². The molecule has 4 heteroatoms. The molecule has 1 heterocycles. The zero-order chi connectivity index (χ0) is 12.7. The van der Waals surface area contributed by atoms with E-state index in [-0.39, 0.29) is 0 Å². The van der Waals surface area contributed by atoms with Crippen LogP contribution in [-0.4, -0.2) is 34.0 Å². The summed E-state index contributed by atoms with van der Waals surface area (Å²) in [5, 5.41) is 8.51. The predicted molar refractivity (Wildman–Crippen MR) is 66.7 cm³/mol. The second kappa shape index (κ2) is 6.81. The molecule has 1 aromatic rings. The van der Waals surface area contributed by atoms with Crippen LogP contribution in [0.15, 0.2) is 30.4 Å². The maximum Gasteiger partial charge on any atom is 0.328 e. The summed E-state index contributed by atoms with van der Waals surface area (Å²) in [6.45, 7) is 6.23. The van der Waals surface area contributed by atoms with Gasteiger partial charge in [0, 0.05) is 24.9 Å². The van der Waals surface area contributed by atoms with Gasteiger partial charge in [-0.1, -0.05) is 19.1 Å². The van der Waals surface area contributed by atoms with Crippen LogP contribution < -0.4 is 0 Å². The standard InChI is InChI=1S/C13H18N2O2/c1-3-15(9-5-8-13(16)17)10-12-7-4-6-11(2)14-12/h4-8H,3,9-10H2,1-2H3,(H,16,17). The molecule has 1 rings (SSSR count). The summed E-state index contributed by atoms with van der Waals surface area (Å²) in [4.78, 5) is 16.9. The first-order chi connectivity index (χ1) is 8.11. The van der Waals surface area contributed by atoms with Crippen molar-refractivity contribution in [3.63, 3.8) is 0 Å². The first-order valence-corrected chi connectivity index (χ1v) is 5.66. The number of carbonyl (C=O) groups is 1. The van der Waals surface area contributed by atoms with Gasteiger partial charge in [0.05, 0.1) is 5.69 Å². The highest BCUT2D eigenvalue weighted by Crippen LogP contribution is 2.03. The number of carboxylic acids is 1. The Bertz CT molecular complexity index is 402. The zero-order valence-electron chi connectivity index (χ0n) is 10.3. The van der Waals surface area contributed by atoms with E-state index in [2.05, 4.69) is 9.88 Å². The minimum absolute atomic E-state index is 0.623. The van der Waals surface area contributed by atoms with Crippen LogP contribution in [-0.2, 0) is 11.3 Å². The third-order valence-corrected chi connectivity index (χ3v) is 2.40. The smallest absolute Gasteiger partial charge is 0.328 e. The molecule has 0 atom stereocenters. The number of hydrogen-bond acceptors (Lipinski definition) is 3. The van der Waals surface area contributed by atoms with Gasteiger partial charge in [0.15, 0.2) is 0 Å². The number of aromatic nitrogens is 1. The van der Waals surface area contributed by atoms with Gasteiger partial charge in [-0.25, -0.2) is 4.79 Å². The molecule has 0 radical (unpaired) electrons. The number of aliphatic carboxylic acids is 1. The fourth-order valence-electron chi connectivity index (χ4n) is 1.52. The van der Waals surface area contributed by atoms with Crippen molar-refractivity contribution in [1.82, 2.24) is 9.88 Å². The quantitative estimate of drug-likeness (QED) is 0.763. The van der Waals surface area contributed by atoms with Crippen molar-refractivity contribution in [2.75, 3.05) is 13.1 Å². The van der Waals surface area contributed by atoms with Crippen LogP contribution in [0.2, 0.25) is 0 Å². The molecule has 1 aromatic heterocycles. The lowest BCUT2D eigenvalue weighted by molar-refractivity contribution is -0.131. The number of pyridine rings is 1. The predicted octanol–water partition coefficient (Wildman–Crippen LogP) is 1.85. The van der Waals surface area contributed by atoms with E-state index in [1.165, 1.54) is 6.08 Å². The summed E-state index contributed by atoms with van der Waals surface area (Å²) in [7, 11) is 0. The number of rotatable bonds is 6. The Morgan fingerprint density at radius 3 is 2.88 bits per heavy atom. The first-order valence-electron chi connectivity index (χ1n) is 5.66. The average molecular weight is 234 g/mol. The summed E-state index contributed by atoms with van der Waals surface area (Å²) in [5.74, 6) is -0.908. The van der Waals surface area contributed by atoms with Gasteiger partial charge >= 0.3 is 5.97 Å². The lowest BCUT2D eigenvalue weighted by atomic mass is 10.3. The van der Waals surface area contributed by atoms with Gasteiger partial charge in [0.2, 0.25) is 0 Å². The molecule has 0 spiro atoms. The maximum atomic E-state index is 10.4. The number of likely N-dealkylation sites (N-methyl/N-ethyl adjacent to an activating group) is 1. The third kappa shape index (κ3) is 5.26. The van der Waals surface area contributed by atoms with Gasteiger partial charge in [-0.05, 0) is 25.6 Å². The Balaban J connectivity index is 2.55. The molecule has 0 bridgehead atoms. The first kappa shape index (κ1) is 13.4. The summed E-state index contributed by atoms with van der Waals surface area (Å²) in [6.07, 6.45) is 2.83. The van der Waals surface area contributed by atoms with Crippen LogP contribution in [0.3, 0.4) is 0 Å². The monoisotopic (exact) mass is 234 g/mol. The summed E-state index contributed by atoms with van der Waals surface area (Å²) in [6, 6.07) is 5.93. The highest BCUT2D eigenvalue weighted by atomic mass is 16.4. The van der Waals surface area contributed by atoms with Gasteiger partial charge in [-0.2, -0.15) is 0 Å². The van der Waals surface area contributed by atoms with Crippen molar-refractivity contribution in [3.8, 4) is 0 Å². The SMILES string of the molecule is CCN(CC=CC(=O)O)Cc1cccc(C)n1. The lowest BCUT2D eigenvalue weighted by Crippen LogP contribution is -2.23. The third-order valence-electron chi connectivity index (χ3n) is 2.40. The Morgan fingerprint density at radius 1 is 1.53 bits per heavy atom. The fourth-order valence-corrected chi connectivity index (χ4v) is 1.52. The molecule has 0 saturated heterocycles. The van der Waals surface area contributed by atoms with Gasteiger partial charge < -0.3 is 5.11 Å². The van der Waals surface area contributed by atoms with Crippen molar-refractivity contribution in [2.45, 2.75) is 20.4 Å². The Hall–Kier alpha value is -1.68. The van der Waals surface area contributed by atoms with E-state index in [0.29, 0.717) is 6.54 Å². The minimum Gasteiger partial charge on any atom is -0.478 e. The zero-order valence-corrected chi connectivity index (χ0v) is 10.3. The van der Waals surface area contributed by atoms with Gasteiger partial charge in [-0.3, -0.25) is 9.88 Å². The highest BCUT2D eigenvalue weighted by Gasteiger charge is 2.03. The second-order valence-corrected chi connectivity index (χ2v) is 3.84. The number of aryl methyl sites for hydroxylation is 1. The van der Waals surface area contributed by atoms with E-state index in [1.807, 2.05) is 32.0 Å². The molecule has 0 fully saturated rings. The second-order valence-electron chi connectivity index (χ2n) is 3.84. The lowest BCUT2D eigenvalue weighted by Gasteiger charge is -2.17. The van der Waals surface area contributed by atoms with Crippen molar-refractivity contribution < 1.29 is 9.90 Å². The molecule has 0 saturated carbocycles.